The summed E-state index contributed by atoms with van der Waals surface area (Å²) in [5.41, 5.74) is 1.86. The summed E-state index contributed by atoms with van der Waals surface area (Å²) >= 11 is 0. The summed E-state index contributed by atoms with van der Waals surface area (Å²) in [5, 5.41) is 22.7. The lowest BCUT2D eigenvalue weighted by Gasteiger charge is -2.08. The van der Waals surface area contributed by atoms with Crippen LogP contribution >= 0.6 is 0 Å². The van der Waals surface area contributed by atoms with Crippen molar-refractivity contribution in [2.24, 2.45) is 0 Å². The van der Waals surface area contributed by atoms with Gasteiger partial charge in [0.05, 0.1) is 16.2 Å². The third-order valence-electron chi connectivity index (χ3n) is 2.66. The number of nitrogens with one attached hydrogen (secondary N) is 1. The minimum absolute atomic E-state index is 0.0817. The summed E-state index contributed by atoms with van der Waals surface area (Å²) in [6.07, 6.45) is 0. The normalized spacial score (nSPS) is 9.63. The molecule has 0 aliphatic rings. The monoisotopic (exact) mass is 253 g/mol. The van der Waals surface area contributed by atoms with Crippen molar-refractivity contribution in [1.29, 1.82) is 5.26 Å². The van der Waals surface area contributed by atoms with Gasteiger partial charge in [0.1, 0.15) is 6.07 Å². The van der Waals surface area contributed by atoms with Crippen LogP contribution in [0.15, 0.2) is 48.5 Å². The molecule has 0 amide bonds. The van der Waals surface area contributed by atoms with Gasteiger partial charge in [0.15, 0.2) is 0 Å². The SMILES string of the molecule is N#Cc1cc([N+](=O)[O-])ccc1NCc1ccccc1. The van der Waals surface area contributed by atoms with E-state index in [9.17, 15) is 10.1 Å². The van der Waals surface area contributed by atoms with Crippen molar-refractivity contribution in [1.82, 2.24) is 0 Å². The molecular formula is C14H11N3O2. The zero-order valence-corrected chi connectivity index (χ0v) is 10.0. The number of rotatable bonds is 4. The minimum Gasteiger partial charge on any atom is -0.380 e. The Bertz CT molecular complexity index is 633. The molecule has 0 aliphatic carbocycles. The molecule has 1 N–H and O–H groups in total. The van der Waals surface area contributed by atoms with Crippen LogP contribution in [0.4, 0.5) is 11.4 Å². The van der Waals surface area contributed by atoms with Crippen molar-refractivity contribution in [3.63, 3.8) is 0 Å². The van der Waals surface area contributed by atoms with E-state index in [-0.39, 0.29) is 11.3 Å². The van der Waals surface area contributed by atoms with Crippen LogP contribution in [0.25, 0.3) is 0 Å². The second-order valence-corrected chi connectivity index (χ2v) is 3.94. The molecule has 5 nitrogen and oxygen atoms in total. The molecule has 0 fully saturated rings. The van der Waals surface area contributed by atoms with Gasteiger partial charge in [0.2, 0.25) is 0 Å². The number of non-ortho nitro benzene ring substituents is 1. The zero-order chi connectivity index (χ0) is 13.7. The van der Waals surface area contributed by atoms with Crippen molar-refractivity contribution in [3.8, 4) is 6.07 Å². The van der Waals surface area contributed by atoms with Crippen LogP contribution in [0.1, 0.15) is 11.1 Å². The van der Waals surface area contributed by atoms with Gasteiger partial charge in [-0.05, 0) is 11.6 Å². The summed E-state index contributed by atoms with van der Waals surface area (Å²) < 4.78 is 0. The highest BCUT2D eigenvalue weighted by atomic mass is 16.6. The van der Waals surface area contributed by atoms with Crippen LogP contribution in [-0.4, -0.2) is 4.92 Å². The maximum Gasteiger partial charge on any atom is 0.270 e. The summed E-state index contributed by atoms with van der Waals surface area (Å²) in [4.78, 5) is 10.1. The van der Waals surface area contributed by atoms with Crippen molar-refractivity contribution < 1.29 is 4.92 Å². The van der Waals surface area contributed by atoms with Gasteiger partial charge in [-0.3, -0.25) is 10.1 Å². The third-order valence-corrected chi connectivity index (χ3v) is 2.66. The van der Waals surface area contributed by atoms with E-state index >= 15 is 0 Å². The molecule has 0 atom stereocenters. The zero-order valence-electron chi connectivity index (χ0n) is 10.0. The van der Waals surface area contributed by atoms with E-state index in [0.29, 0.717) is 12.2 Å². The lowest BCUT2D eigenvalue weighted by atomic mass is 10.1. The Labute approximate surface area is 110 Å². The van der Waals surface area contributed by atoms with Crippen LogP contribution in [0.2, 0.25) is 0 Å². The van der Waals surface area contributed by atoms with E-state index in [1.165, 1.54) is 12.1 Å². The van der Waals surface area contributed by atoms with Crippen molar-refractivity contribution in [3.05, 3.63) is 69.8 Å². The average Bonchev–Trinajstić information content (AvgIpc) is 2.45. The standard InChI is InChI=1S/C14H11N3O2/c15-9-12-8-13(17(18)19)6-7-14(12)16-10-11-4-2-1-3-5-11/h1-8,16H,10H2. The largest absolute Gasteiger partial charge is 0.380 e. The molecule has 0 aromatic heterocycles. The highest BCUT2D eigenvalue weighted by Crippen LogP contribution is 2.21. The second kappa shape index (κ2) is 5.65. The molecule has 2 aromatic carbocycles. The Kier molecular flexibility index (Phi) is 3.74. The Hall–Kier alpha value is -2.87. The first-order chi connectivity index (χ1) is 9.20. The van der Waals surface area contributed by atoms with Crippen molar-refractivity contribution >= 4 is 11.4 Å². The highest BCUT2D eigenvalue weighted by molar-refractivity contribution is 5.61. The van der Waals surface area contributed by atoms with Crippen LogP contribution in [0, 0.1) is 21.4 Å². The molecule has 0 aliphatic heterocycles. The fourth-order valence-electron chi connectivity index (χ4n) is 1.69. The predicted octanol–water partition coefficient (Wildman–Crippen LogP) is 3.08. The number of nitro groups is 1. The Morgan fingerprint density at radius 2 is 1.95 bits per heavy atom. The van der Waals surface area contributed by atoms with Gasteiger partial charge in [-0.1, -0.05) is 30.3 Å². The molecule has 0 saturated carbocycles. The smallest absolute Gasteiger partial charge is 0.270 e. The first-order valence-corrected chi connectivity index (χ1v) is 5.67. The number of nitriles is 1. The molecule has 0 bridgehead atoms. The number of nitrogens with zero attached hydrogens (tertiary/aromatic N) is 2. The van der Waals surface area contributed by atoms with Crippen LogP contribution in [0.5, 0.6) is 0 Å². The van der Waals surface area contributed by atoms with E-state index in [4.69, 9.17) is 5.26 Å². The molecule has 5 heteroatoms. The molecule has 0 saturated heterocycles. The van der Waals surface area contributed by atoms with E-state index in [1.54, 1.807) is 6.07 Å². The quantitative estimate of drug-likeness (QED) is 0.670. The van der Waals surface area contributed by atoms with Crippen molar-refractivity contribution in [2.45, 2.75) is 6.54 Å². The maximum absolute atomic E-state index is 10.6. The van der Waals surface area contributed by atoms with Crippen LogP contribution < -0.4 is 5.32 Å². The van der Waals surface area contributed by atoms with E-state index in [2.05, 4.69) is 5.32 Å². The molecule has 2 aromatic rings. The van der Waals surface area contributed by atoms with Gasteiger partial charge in [-0.2, -0.15) is 5.26 Å². The summed E-state index contributed by atoms with van der Waals surface area (Å²) in [7, 11) is 0. The first-order valence-electron chi connectivity index (χ1n) is 5.67. The summed E-state index contributed by atoms with van der Waals surface area (Å²) in [6.45, 7) is 0.563. The number of hydrogen-bond acceptors (Lipinski definition) is 4. The second-order valence-electron chi connectivity index (χ2n) is 3.94. The molecule has 0 radical (unpaired) electrons. The van der Waals surface area contributed by atoms with Gasteiger partial charge in [-0.15, -0.1) is 0 Å². The number of anilines is 1. The molecule has 0 unspecified atom stereocenters. The van der Waals surface area contributed by atoms with Gasteiger partial charge in [-0.25, -0.2) is 0 Å². The molecule has 0 heterocycles. The third kappa shape index (κ3) is 3.07. The van der Waals surface area contributed by atoms with Crippen molar-refractivity contribution in [2.75, 3.05) is 5.32 Å². The Morgan fingerprint density at radius 1 is 1.21 bits per heavy atom. The molecule has 0 spiro atoms. The number of nitro benzene ring substituents is 1. The molecule has 94 valence electrons. The predicted molar refractivity (Wildman–Crippen MR) is 71.6 cm³/mol. The van der Waals surface area contributed by atoms with Crippen LogP contribution in [-0.2, 0) is 6.54 Å². The summed E-state index contributed by atoms with van der Waals surface area (Å²) in [5.74, 6) is 0. The average molecular weight is 253 g/mol. The van der Waals surface area contributed by atoms with Gasteiger partial charge in [0, 0.05) is 18.7 Å². The lowest BCUT2D eigenvalue weighted by molar-refractivity contribution is -0.384. The Morgan fingerprint density at radius 3 is 2.58 bits per heavy atom. The van der Waals surface area contributed by atoms with Gasteiger partial charge < -0.3 is 5.32 Å². The number of benzene rings is 2. The first kappa shape index (κ1) is 12.6. The molecular weight excluding hydrogens is 242 g/mol. The molecule has 2 rings (SSSR count). The Balaban J connectivity index is 2.17. The fourth-order valence-corrected chi connectivity index (χ4v) is 1.69. The van der Waals surface area contributed by atoms with Gasteiger partial charge >= 0.3 is 0 Å². The van der Waals surface area contributed by atoms with E-state index in [0.717, 1.165) is 5.56 Å². The fraction of sp³-hybridized carbons (Fsp3) is 0.0714. The number of hydrogen-bond donors (Lipinski definition) is 1. The topological polar surface area (TPSA) is 79.0 Å². The highest BCUT2D eigenvalue weighted by Gasteiger charge is 2.10. The van der Waals surface area contributed by atoms with E-state index < -0.39 is 4.92 Å². The lowest BCUT2D eigenvalue weighted by Crippen LogP contribution is -2.01. The maximum atomic E-state index is 10.6. The summed E-state index contributed by atoms with van der Waals surface area (Å²) in [6, 6.07) is 15.9. The molecule has 19 heavy (non-hydrogen) atoms. The van der Waals surface area contributed by atoms with Gasteiger partial charge in [0.25, 0.3) is 5.69 Å². The van der Waals surface area contributed by atoms with Crippen LogP contribution in [0.3, 0.4) is 0 Å². The minimum atomic E-state index is -0.512. The van der Waals surface area contributed by atoms with E-state index in [1.807, 2.05) is 36.4 Å².